The fourth-order valence-corrected chi connectivity index (χ4v) is 2.05. The predicted molar refractivity (Wildman–Crippen MR) is 43.6 cm³/mol. The van der Waals surface area contributed by atoms with E-state index in [1.807, 2.05) is 6.92 Å². The first-order valence-electron chi connectivity index (χ1n) is 3.81. The van der Waals surface area contributed by atoms with Crippen LogP contribution in [0.4, 0.5) is 0 Å². The standard InChI is InChI=1S/C8H13ClO2/c1-8(7(10)11-2)4-3-6(9)5-8/h6H,3-5H2,1-2H3/t6-,8+/m0/s1. The number of ether oxygens (including phenoxy) is 1. The van der Waals surface area contributed by atoms with E-state index in [9.17, 15) is 4.79 Å². The average molecular weight is 177 g/mol. The molecule has 0 N–H and O–H groups in total. The summed E-state index contributed by atoms with van der Waals surface area (Å²) in [6, 6.07) is 0. The first-order chi connectivity index (χ1) is 5.08. The van der Waals surface area contributed by atoms with Crippen molar-refractivity contribution in [3.63, 3.8) is 0 Å². The van der Waals surface area contributed by atoms with E-state index in [0.717, 1.165) is 19.3 Å². The van der Waals surface area contributed by atoms with E-state index in [0.29, 0.717) is 0 Å². The molecule has 0 unspecified atom stereocenters. The lowest BCUT2D eigenvalue weighted by molar-refractivity contribution is -0.151. The fraction of sp³-hybridized carbons (Fsp3) is 0.875. The van der Waals surface area contributed by atoms with Crippen molar-refractivity contribution in [1.29, 1.82) is 0 Å². The summed E-state index contributed by atoms with van der Waals surface area (Å²) in [6.07, 6.45) is 2.53. The number of carbonyl (C=O) groups excluding carboxylic acids is 1. The molecule has 1 aliphatic rings. The van der Waals surface area contributed by atoms with E-state index in [4.69, 9.17) is 11.6 Å². The zero-order valence-electron chi connectivity index (χ0n) is 6.89. The second-order valence-corrected chi connectivity index (χ2v) is 4.01. The highest BCUT2D eigenvalue weighted by Gasteiger charge is 2.41. The number of rotatable bonds is 1. The van der Waals surface area contributed by atoms with Gasteiger partial charge in [-0.3, -0.25) is 4.79 Å². The largest absolute Gasteiger partial charge is 0.469 e. The Labute approximate surface area is 71.9 Å². The minimum absolute atomic E-state index is 0.124. The molecule has 0 saturated heterocycles. The highest BCUT2D eigenvalue weighted by molar-refractivity contribution is 6.21. The molecular formula is C8H13ClO2. The summed E-state index contributed by atoms with van der Waals surface area (Å²) < 4.78 is 4.69. The lowest BCUT2D eigenvalue weighted by Gasteiger charge is -2.19. The van der Waals surface area contributed by atoms with Crippen LogP contribution in [-0.2, 0) is 9.53 Å². The average Bonchev–Trinajstić information content (AvgIpc) is 2.31. The van der Waals surface area contributed by atoms with E-state index in [-0.39, 0.29) is 16.8 Å². The van der Waals surface area contributed by atoms with Gasteiger partial charge in [-0.1, -0.05) is 0 Å². The lowest BCUT2D eigenvalue weighted by Crippen LogP contribution is -2.26. The van der Waals surface area contributed by atoms with Crippen LogP contribution in [0.1, 0.15) is 26.2 Å². The first kappa shape index (κ1) is 8.85. The molecule has 3 heteroatoms. The number of halogens is 1. The fourth-order valence-electron chi connectivity index (χ4n) is 1.60. The Kier molecular flexibility index (Phi) is 2.43. The molecular weight excluding hydrogens is 164 g/mol. The van der Waals surface area contributed by atoms with Crippen molar-refractivity contribution in [2.24, 2.45) is 5.41 Å². The van der Waals surface area contributed by atoms with Gasteiger partial charge < -0.3 is 4.74 Å². The number of hydrogen-bond donors (Lipinski definition) is 0. The van der Waals surface area contributed by atoms with Crippen LogP contribution in [0.5, 0.6) is 0 Å². The molecule has 11 heavy (non-hydrogen) atoms. The Hall–Kier alpha value is -0.240. The molecule has 1 fully saturated rings. The van der Waals surface area contributed by atoms with Crippen molar-refractivity contribution < 1.29 is 9.53 Å². The molecule has 0 heterocycles. The van der Waals surface area contributed by atoms with E-state index in [1.165, 1.54) is 7.11 Å². The van der Waals surface area contributed by atoms with Gasteiger partial charge in [-0.25, -0.2) is 0 Å². The van der Waals surface area contributed by atoms with Crippen LogP contribution in [0.15, 0.2) is 0 Å². The topological polar surface area (TPSA) is 26.3 Å². The third kappa shape index (κ3) is 1.67. The Bertz CT molecular complexity index is 169. The summed E-state index contributed by atoms with van der Waals surface area (Å²) in [5.41, 5.74) is -0.318. The summed E-state index contributed by atoms with van der Waals surface area (Å²) in [4.78, 5) is 11.2. The van der Waals surface area contributed by atoms with Crippen molar-refractivity contribution in [3.05, 3.63) is 0 Å². The van der Waals surface area contributed by atoms with E-state index in [1.54, 1.807) is 0 Å². The summed E-state index contributed by atoms with van der Waals surface area (Å²) in [6.45, 7) is 1.92. The number of carbonyl (C=O) groups is 1. The SMILES string of the molecule is COC(=O)[C@]1(C)CC[C@H](Cl)C1. The van der Waals surface area contributed by atoms with Crippen molar-refractivity contribution in [2.75, 3.05) is 7.11 Å². The Morgan fingerprint density at radius 3 is 2.73 bits per heavy atom. The van der Waals surface area contributed by atoms with Crippen LogP contribution >= 0.6 is 11.6 Å². The minimum Gasteiger partial charge on any atom is -0.469 e. The van der Waals surface area contributed by atoms with Crippen LogP contribution in [0, 0.1) is 5.41 Å². The van der Waals surface area contributed by atoms with Gasteiger partial charge in [0.2, 0.25) is 0 Å². The highest BCUT2D eigenvalue weighted by Crippen LogP contribution is 2.40. The molecule has 2 nitrogen and oxygen atoms in total. The van der Waals surface area contributed by atoms with E-state index in [2.05, 4.69) is 4.74 Å². The molecule has 0 aromatic heterocycles. The zero-order valence-corrected chi connectivity index (χ0v) is 7.65. The maximum Gasteiger partial charge on any atom is 0.311 e. The van der Waals surface area contributed by atoms with Gasteiger partial charge in [0, 0.05) is 5.38 Å². The first-order valence-corrected chi connectivity index (χ1v) is 4.24. The second kappa shape index (κ2) is 3.02. The quantitative estimate of drug-likeness (QED) is 0.451. The molecule has 0 bridgehead atoms. The molecule has 0 spiro atoms. The van der Waals surface area contributed by atoms with Crippen molar-refractivity contribution in [1.82, 2.24) is 0 Å². The van der Waals surface area contributed by atoms with Gasteiger partial charge in [0.1, 0.15) is 0 Å². The van der Waals surface area contributed by atoms with E-state index >= 15 is 0 Å². The zero-order chi connectivity index (χ0) is 8.48. The van der Waals surface area contributed by atoms with Crippen molar-refractivity contribution >= 4 is 17.6 Å². The Morgan fingerprint density at radius 1 is 1.73 bits per heavy atom. The molecule has 64 valence electrons. The molecule has 0 aromatic rings. The van der Waals surface area contributed by atoms with Gasteiger partial charge in [-0.2, -0.15) is 0 Å². The molecule has 0 aliphatic heterocycles. The molecule has 2 atom stereocenters. The maximum absolute atomic E-state index is 11.2. The van der Waals surface area contributed by atoms with Gasteiger partial charge in [0.25, 0.3) is 0 Å². The molecule has 1 saturated carbocycles. The number of methoxy groups -OCH3 is 1. The van der Waals surface area contributed by atoms with Crippen LogP contribution < -0.4 is 0 Å². The van der Waals surface area contributed by atoms with Crippen molar-refractivity contribution in [2.45, 2.75) is 31.6 Å². The Morgan fingerprint density at radius 2 is 2.36 bits per heavy atom. The number of alkyl halides is 1. The summed E-state index contributed by atoms with van der Waals surface area (Å²) >= 11 is 5.89. The summed E-state index contributed by atoms with van der Waals surface area (Å²) in [7, 11) is 1.43. The van der Waals surface area contributed by atoms with Crippen molar-refractivity contribution in [3.8, 4) is 0 Å². The third-order valence-corrected chi connectivity index (χ3v) is 2.73. The van der Waals surface area contributed by atoms with Crippen LogP contribution in [0.2, 0.25) is 0 Å². The van der Waals surface area contributed by atoms with Crippen LogP contribution in [0.25, 0.3) is 0 Å². The predicted octanol–water partition coefficient (Wildman–Crippen LogP) is 1.96. The molecule has 0 aromatic carbocycles. The Balaban J connectivity index is 2.61. The van der Waals surface area contributed by atoms with Crippen LogP contribution in [-0.4, -0.2) is 18.5 Å². The second-order valence-electron chi connectivity index (χ2n) is 3.39. The van der Waals surface area contributed by atoms with E-state index < -0.39 is 0 Å². The summed E-state index contributed by atoms with van der Waals surface area (Å²) in [5, 5.41) is 0.152. The monoisotopic (exact) mass is 176 g/mol. The van der Waals surface area contributed by atoms with Crippen LogP contribution in [0.3, 0.4) is 0 Å². The van der Waals surface area contributed by atoms with Gasteiger partial charge in [-0.05, 0) is 26.2 Å². The number of hydrogen-bond acceptors (Lipinski definition) is 2. The highest BCUT2D eigenvalue weighted by atomic mass is 35.5. The van der Waals surface area contributed by atoms with Gasteiger partial charge >= 0.3 is 5.97 Å². The smallest absolute Gasteiger partial charge is 0.311 e. The normalized spacial score (nSPS) is 37.2. The summed E-state index contributed by atoms with van der Waals surface area (Å²) in [5.74, 6) is -0.124. The van der Waals surface area contributed by atoms with Gasteiger partial charge in [-0.15, -0.1) is 11.6 Å². The molecule has 1 rings (SSSR count). The lowest BCUT2D eigenvalue weighted by atomic mass is 9.89. The molecule has 0 amide bonds. The third-order valence-electron chi connectivity index (χ3n) is 2.36. The maximum atomic E-state index is 11.2. The molecule has 0 radical (unpaired) electrons. The van der Waals surface area contributed by atoms with Gasteiger partial charge in [0.05, 0.1) is 12.5 Å². The molecule has 1 aliphatic carbocycles. The number of esters is 1. The van der Waals surface area contributed by atoms with Gasteiger partial charge in [0.15, 0.2) is 0 Å². The minimum atomic E-state index is -0.318.